The van der Waals surface area contributed by atoms with Gasteiger partial charge in [0.25, 0.3) is 0 Å². The number of aromatic carboxylic acids is 1. The van der Waals surface area contributed by atoms with Gasteiger partial charge in [0.2, 0.25) is 0 Å². The lowest BCUT2D eigenvalue weighted by atomic mass is 10.1. The van der Waals surface area contributed by atoms with E-state index in [0.717, 1.165) is 0 Å². The number of hydrogen-bond donors (Lipinski definition) is 1. The molecule has 0 fully saturated rings. The van der Waals surface area contributed by atoms with Gasteiger partial charge in [0.05, 0.1) is 5.56 Å². The first kappa shape index (κ1) is 11.3. The Morgan fingerprint density at radius 2 is 2.06 bits per heavy atom. The molecule has 0 aliphatic rings. The van der Waals surface area contributed by atoms with E-state index in [1.54, 1.807) is 0 Å². The minimum atomic E-state index is -4.70. The van der Waals surface area contributed by atoms with Crippen LogP contribution in [0.5, 0.6) is 0 Å². The van der Waals surface area contributed by atoms with Crippen molar-refractivity contribution in [1.82, 2.24) is 9.97 Å². The van der Waals surface area contributed by atoms with Crippen LogP contribution in [-0.4, -0.2) is 21.0 Å². The number of rotatable bonds is 1. The fourth-order valence-electron chi connectivity index (χ4n) is 1.38. The maximum Gasteiger partial charge on any atom is 0.433 e. The Hall–Kier alpha value is -2.18. The number of fused-ring (bicyclic) bond motifs is 1. The summed E-state index contributed by atoms with van der Waals surface area (Å²) in [5.41, 5.74) is -1.96. The summed E-state index contributed by atoms with van der Waals surface area (Å²) in [5, 5.41) is 8.93. The maximum atomic E-state index is 12.5. The van der Waals surface area contributed by atoms with Crippen LogP contribution in [0.4, 0.5) is 13.2 Å². The zero-order valence-electron chi connectivity index (χ0n) is 8.19. The molecular weight excluding hydrogens is 237 g/mol. The average Bonchev–Trinajstić information content (AvgIpc) is 2.26. The zero-order valence-corrected chi connectivity index (χ0v) is 8.19. The lowest BCUT2D eigenvalue weighted by Crippen LogP contribution is -2.11. The summed E-state index contributed by atoms with van der Waals surface area (Å²) in [6.45, 7) is 0. The molecule has 2 aromatic rings. The van der Waals surface area contributed by atoms with Crippen LogP contribution in [0.1, 0.15) is 16.1 Å². The van der Waals surface area contributed by atoms with Crippen LogP contribution in [0.15, 0.2) is 24.4 Å². The van der Waals surface area contributed by atoms with Gasteiger partial charge < -0.3 is 5.11 Å². The molecule has 1 N–H and O–H groups in total. The van der Waals surface area contributed by atoms with Crippen molar-refractivity contribution in [3.05, 3.63) is 35.7 Å². The van der Waals surface area contributed by atoms with E-state index in [1.165, 1.54) is 18.3 Å². The number of carbonyl (C=O) groups is 1. The third-order valence-corrected chi connectivity index (χ3v) is 2.11. The van der Waals surface area contributed by atoms with Crippen molar-refractivity contribution < 1.29 is 23.1 Å². The van der Waals surface area contributed by atoms with Crippen LogP contribution in [-0.2, 0) is 6.18 Å². The predicted molar refractivity (Wildman–Crippen MR) is 51.5 cm³/mol. The summed E-state index contributed by atoms with van der Waals surface area (Å²) < 4.78 is 37.4. The third-order valence-electron chi connectivity index (χ3n) is 2.11. The normalized spacial score (nSPS) is 11.7. The van der Waals surface area contributed by atoms with E-state index < -0.39 is 23.4 Å². The lowest BCUT2D eigenvalue weighted by molar-refractivity contribution is -0.141. The molecule has 7 heteroatoms. The smallest absolute Gasteiger partial charge is 0.433 e. The summed E-state index contributed by atoms with van der Waals surface area (Å²) >= 11 is 0. The van der Waals surface area contributed by atoms with E-state index in [1.807, 2.05) is 0 Å². The molecule has 0 unspecified atom stereocenters. The summed E-state index contributed by atoms with van der Waals surface area (Å²) in [6.07, 6.45) is -3.45. The molecular formula is C10H5F3N2O2. The molecule has 0 atom stereocenters. The molecule has 0 saturated heterocycles. The maximum absolute atomic E-state index is 12.5. The van der Waals surface area contributed by atoms with Crippen molar-refractivity contribution in [1.29, 1.82) is 0 Å². The second-order valence-electron chi connectivity index (χ2n) is 3.23. The molecule has 0 saturated carbocycles. The van der Waals surface area contributed by atoms with Gasteiger partial charge in [0.1, 0.15) is 5.69 Å². The number of carboxylic acid groups (broad SMARTS) is 1. The monoisotopic (exact) mass is 242 g/mol. The highest BCUT2D eigenvalue weighted by Crippen LogP contribution is 2.30. The van der Waals surface area contributed by atoms with Crippen molar-refractivity contribution in [3.8, 4) is 0 Å². The average molecular weight is 242 g/mol. The second-order valence-corrected chi connectivity index (χ2v) is 3.23. The molecule has 2 aromatic heterocycles. The Labute approximate surface area is 92.7 Å². The summed E-state index contributed by atoms with van der Waals surface area (Å²) in [4.78, 5) is 17.8. The fourth-order valence-corrected chi connectivity index (χ4v) is 1.38. The van der Waals surface area contributed by atoms with E-state index >= 15 is 0 Å². The minimum absolute atomic E-state index is 0.0769. The summed E-state index contributed by atoms with van der Waals surface area (Å²) in [7, 11) is 0. The molecule has 0 aliphatic carbocycles. The molecule has 0 radical (unpaired) electrons. The van der Waals surface area contributed by atoms with Crippen molar-refractivity contribution in [2.45, 2.75) is 6.18 Å². The van der Waals surface area contributed by atoms with Crippen molar-refractivity contribution in [2.75, 3.05) is 0 Å². The fraction of sp³-hybridized carbons (Fsp3) is 0.100. The molecule has 17 heavy (non-hydrogen) atoms. The van der Waals surface area contributed by atoms with Gasteiger partial charge in [0.15, 0.2) is 5.65 Å². The minimum Gasteiger partial charge on any atom is -0.478 e. The van der Waals surface area contributed by atoms with Crippen LogP contribution < -0.4 is 0 Å². The first-order valence-electron chi connectivity index (χ1n) is 4.46. The van der Waals surface area contributed by atoms with Gasteiger partial charge in [-0.1, -0.05) is 0 Å². The Kier molecular flexibility index (Phi) is 2.45. The molecule has 0 bridgehead atoms. The van der Waals surface area contributed by atoms with Crippen LogP contribution in [0, 0.1) is 0 Å². The van der Waals surface area contributed by atoms with E-state index in [2.05, 4.69) is 9.97 Å². The quantitative estimate of drug-likeness (QED) is 0.833. The first-order chi connectivity index (χ1) is 7.89. The van der Waals surface area contributed by atoms with E-state index in [4.69, 9.17) is 5.11 Å². The van der Waals surface area contributed by atoms with Crippen LogP contribution in [0.25, 0.3) is 11.0 Å². The molecule has 0 aliphatic heterocycles. The number of pyridine rings is 2. The van der Waals surface area contributed by atoms with Gasteiger partial charge in [-0.3, -0.25) is 0 Å². The first-order valence-corrected chi connectivity index (χ1v) is 4.46. The number of carboxylic acids is 1. The molecule has 0 aromatic carbocycles. The number of halogens is 3. The Bertz CT molecular complexity index is 596. The Balaban J connectivity index is 2.81. The van der Waals surface area contributed by atoms with Crippen LogP contribution in [0.3, 0.4) is 0 Å². The Morgan fingerprint density at radius 3 is 2.65 bits per heavy atom. The molecule has 0 spiro atoms. The summed E-state index contributed by atoms with van der Waals surface area (Å²) in [6, 6.07) is 3.30. The topological polar surface area (TPSA) is 63.1 Å². The lowest BCUT2D eigenvalue weighted by Gasteiger charge is -2.08. The van der Waals surface area contributed by atoms with Crippen molar-refractivity contribution in [2.24, 2.45) is 0 Å². The third kappa shape index (κ3) is 2.03. The van der Waals surface area contributed by atoms with Gasteiger partial charge in [-0.15, -0.1) is 0 Å². The summed E-state index contributed by atoms with van der Waals surface area (Å²) in [5.74, 6) is -1.45. The highest BCUT2D eigenvalue weighted by atomic mass is 19.4. The van der Waals surface area contributed by atoms with Crippen molar-refractivity contribution >= 4 is 17.0 Å². The van der Waals surface area contributed by atoms with Gasteiger partial charge >= 0.3 is 12.1 Å². The SMILES string of the molecule is O=C(O)c1cc(C(F)(F)F)nc2ncccc12. The van der Waals surface area contributed by atoms with Crippen molar-refractivity contribution in [3.63, 3.8) is 0 Å². The van der Waals surface area contributed by atoms with Gasteiger partial charge in [-0.25, -0.2) is 14.8 Å². The van der Waals surface area contributed by atoms with Gasteiger partial charge in [-0.2, -0.15) is 13.2 Å². The number of aromatic nitrogens is 2. The standard InChI is InChI=1S/C10H5F3N2O2/c11-10(12,13)7-4-6(9(16)17)5-2-1-3-14-8(5)15-7/h1-4H,(H,16,17). The Morgan fingerprint density at radius 1 is 1.35 bits per heavy atom. The van der Waals surface area contributed by atoms with Gasteiger partial charge in [-0.05, 0) is 18.2 Å². The van der Waals surface area contributed by atoms with Crippen LogP contribution in [0.2, 0.25) is 0 Å². The van der Waals surface area contributed by atoms with Crippen LogP contribution >= 0.6 is 0 Å². The largest absolute Gasteiger partial charge is 0.478 e. The number of hydrogen-bond acceptors (Lipinski definition) is 3. The zero-order chi connectivity index (χ0) is 12.6. The second kappa shape index (κ2) is 3.69. The van der Waals surface area contributed by atoms with E-state index in [0.29, 0.717) is 6.07 Å². The number of nitrogens with zero attached hydrogens (tertiary/aromatic N) is 2. The molecule has 88 valence electrons. The molecule has 0 amide bonds. The number of alkyl halides is 3. The molecule has 2 heterocycles. The predicted octanol–water partition coefficient (Wildman–Crippen LogP) is 2.35. The van der Waals surface area contributed by atoms with E-state index in [9.17, 15) is 18.0 Å². The van der Waals surface area contributed by atoms with Gasteiger partial charge in [0, 0.05) is 11.6 Å². The molecule has 2 rings (SSSR count). The highest BCUT2D eigenvalue weighted by Gasteiger charge is 2.34. The molecule has 4 nitrogen and oxygen atoms in total. The van der Waals surface area contributed by atoms with E-state index in [-0.39, 0.29) is 11.0 Å². The highest BCUT2D eigenvalue weighted by molar-refractivity contribution is 6.01.